The van der Waals surface area contributed by atoms with Gasteiger partial charge < -0.3 is 4.74 Å². The first-order valence-electron chi connectivity index (χ1n) is 7.28. The molecule has 0 aromatic heterocycles. The van der Waals surface area contributed by atoms with Crippen molar-refractivity contribution in [3.8, 4) is 0 Å². The quantitative estimate of drug-likeness (QED) is 0.692. The molecule has 2 aromatic carbocycles. The lowest BCUT2D eigenvalue weighted by Crippen LogP contribution is -2.11. The summed E-state index contributed by atoms with van der Waals surface area (Å²) in [5.74, 6) is 0.774. The Bertz CT molecular complexity index is 666. The smallest absolute Gasteiger partial charge is 0.218 e. The van der Waals surface area contributed by atoms with Crippen molar-refractivity contribution >= 4 is 28.5 Å². The van der Waals surface area contributed by atoms with E-state index in [9.17, 15) is 0 Å². The number of ether oxygens (including phenoxy) is 1. The highest BCUT2D eigenvalue weighted by Crippen LogP contribution is 2.32. The summed E-state index contributed by atoms with van der Waals surface area (Å²) in [6.45, 7) is 4.29. The topological polar surface area (TPSA) is 21.6 Å². The molecule has 0 aliphatic carbocycles. The van der Waals surface area contributed by atoms with Gasteiger partial charge in [-0.1, -0.05) is 49.4 Å². The summed E-state index contributed by atoms with van der Waals surface area (Å²) in [5, 5.41) is 0. The molecule has 0 bridgehead atoms. The van der Waals surface area contributed by atoms with Gasteiger partial charge in [0.15, 0.2) is 0 Å². The largest absolute Gasteiger partial charge is 0.467 e. The molecule has 3 heteroatoms. The highest BCUT2D eigenvalue weighted by molar-refractivity contribution is 14.1. The lowest BCUT2D eigenvalue weighted by atomic mass is 10.0. The molecule has 0 N–H and O–H groups in total. The summed E-state index contributed by atoms with van der Waals surface area (Å²) in [4.78, 5) is 4.74. The Balaban J connectivity index is 1.91. The molecular formula is C18H18INO. The molecule has 0 fully saturated rings. The molecule has 3 rings (SSSR count). The maximum Gasteiger partial charge on any atom is 0.218 e. The van der Waals surface area contributed by atoms with E-state index in [4.69, 9.17) is 9.73 Å². The summed E-state index contributed by atoms with van der Waals surface area (Å²) in [6.07, 6.45) is 1.04. The van der Waals surface area contributed by atoms with E-state index in [1.165, 1.54) is 14.7 Å². The number of hydrogen-bond acceptors (Lipinski definition) is 2. The zero-order valence-electron chi connectivity index (χ0n) is 12.2. The number of nitrogens with zero attached hydrogens (tertiary/aromatic N) is 1. The number of aliphatic imine (C=N–C) groups is 1. The maximum absolute atomic E-state index is 6.17. The van der Waals surface area contributed by atoms with Gasteiger partial charge in [-0.3, -0.25) is 0 Å². The summed E-state index contributed by atoms with van der Waals surface area (Å²) in [5.41, 5.74) is 3.64. The van der Waals surface area contributed by atoms with Gasteiger partial charge in [-0.15, -0.1) is 0 Å². The van der Waals surface area contributed by atoms with Crippen LogP contribution in [0.25, 0.3) is 0 Å². The number of benzene rings is 2. The molecule has 2 aromatic rings. The van der Waals surface area contributed by atoms with E-state index >= 15 is 0 Å². The van der Waals surface area contributed by atoms with Crippen LogP contribution < -0.4 is 0 Å². The molecule has 108 valence electrons. The first-order chi connectivity index (χ1) is 10.2. The van der Waals surface area contributed by atoms with Gasteiger partial charge in [-0.25, -0.2) is 4.99 Å². The van der Waals surface area contributed by atoms with Crippen LogP contribution in [-0.2, 0) is 11.2 Å². The lowest BCUT2D eigenvalue weighted by molar-refractivity contribution is 0.202. The van der Waals surface area contributed by atoms with Crippen molar-refractivity contribution < 1.29 is 4.74 Å². The van der Waals surface area contributed by atoms with Gasteiger partial charge in [-0.2, -0.15) is 0 Å². The molecule has 2 atom stereocenters. The number of rotatable bonds is 3. The Hall–Kier alpha value is -1.36. The molecule has 0 spiro atoms. The monoisotopic (exact) mass is 391 g/mol. The Morgan fingerprint density at radius 3 is 2.57 bits per heavy atom. The van der Waals surface area contributed by atoms with E-state index in [1.54, 1.807) is 0 Å². The van der Waals surface area contributed by atoms with Gasteiger partial charge in [0, 0.05) is 9.13 Å². The summed E-state index contributed by atoms with van der Waals surface area (Å²) < 4.78 is 7.42. The van der Waals surface area contributed by atoms with Crippen molar-refractivity contribution in [2.45, 2.75) is 32.4 Å². The molecule has 21 heavy (non-hydrogen) atoms. The first-order valence-corrected chi connectivity index (χ1v) is 8.35. The predicted molar refractivity (Wildman–Crippen MR) is 94.8 cm³/mol. The molecule has 0 amide bonds. The highest BCUT2D eigenvalue weighted by atomic mass is 127. The second-order valence-electron chi connectivity index (χ2n) is 5.26. The van der Waals surface area contributed by atoms with Crippen LogP contribution in [0, 0.1) is 3.57 Å². The predicted octanol–water partition coefficient (Wildman–Crippen LogP) is 4.76. The van der Waals surface area contributed by atoms with Gasteiger partial charge in [0.05, 0.1) is 6.04 Å². The van der Waals surface area contributed by atoms with Crippen LogP contribution in [0.3, 0.4) is 0 Å². The summed E-state index contributed by atoms with van der Waals surface area (Å²) >= 11 is 2.40. The van der Waals surface area contributed by atoms with E-state index < -0.39 is 0 Å². The molecule has 0 radical (unpaired) electrons. The Kier molecular flexibility index (Phi) is 4.29. The Morgan fingerprint density at radius 2 is 1.86 bits per heavy atom. The average Bonchev–Trinajstić information content (AvgIpc) is 2.90. The van der Waals surface area contributed by atoms with Gasteiger partial charge in [0.2, 0.25) is 5.90 Å². The SMILES string of the molecule is CCc1cccc(C2=N[C@H](C)[C@@H](c3ccccc3)O2)c1I. The summed E-state index contributed by atoms with van der Waals surface area (Å²) in [6, 6.07) is 16.8. The van der Waals surface area contributed by atoms with E-state index in [1.807, 2.05) is 18.2 Å². The van der Waals surface area contributed by atoms with Crippen molar-refractivity contribution in [1.82, 2.24) is 0 Å². The van der Waals surface area contributed by atoms with Crippen LogP contribution >= 0.6 is 22.6 Å². The molecule has 1 aliphatic rings. The van der Waals surface area contributed by atoms with E-state index in [0.29, 0.717) is 0 Å². The van der Waals surface area contributed by atoms with Crippen LogP contribution in [0.15, 0.2) is 53.5 Å². The van der Waals surface area contributed by atoms with Crippen molar-refractivity contribution in [2.24, 2.45) is 4.99 Å². The average molecular weight is 391 g/mol. The fourth-order valence-electron chi connectivity index (χ4n) is 2.64. The van der Waals surface area contributed by atoms with Crippen molar-refractivity contribution in [2.75, 3.05) is 0 Å². The first kappa shape index (κ1) is 14.6. The Morgan fingerprint density at radius 1 is 1.10 bits per heavy atom. The number of hydrogen-bond donors (Lipinski definition) is 0. The molecule has 0 unspecified atom stereocenters. The minimum Gasteiger partial charge on any atom is -0.467 e. The molecule has 0 saturated heterocycles. The molecule has 1 heterocycles. The molecule has 2 nitrogen and oxygen atoms in total. The van der Waals surface area contributed by atoms with Gasteiger partial charge in [-0.05, 0) is 53.1 Å². The third kappa shape index (κ3) is 2.84. The highest BCUT2D eigenvalue weighted by Gasteiger charge is 2.30. The van der Waals surface area contributed by atoms with E-state index in [-0.39, 0.29) is 12.1 Å². The lowest BCUT2D eigenvalue weighted by Gasteiger charge is -2.15. The molecule has 0 saturated carbocycles. The normalized spacial score (nSPS) is 21.0. The fourth-order valence-corrected chi connectivity index (χ4v) is 3.61. The standard InChI is InChI=1S/C18H18INO/c1-3-13-10-7-11-15(16(13)19)18-20-12(2)17(21-18)14-8-5-4-6-9-14/h4-12,17H,3H2,1-2H3/t12-,17+/m1/s1. The van der Waals surface area contributed by atoms with Gasteiger partial charge in [0.25, 0.3) is 0 Å². The minimum absolute atomic E-state index is 0.0160. The second-order valence-corrected chi connectivity index (χ2v) is 6.33. The van der Waals surface area contributed by atoms with Crippen molar-refractivity contribution in [1.29, 1.82) is 0 Å². The van der Waals surface area contributed by atoms with Gasteiger partial charge >= 0.3 is 0 Å². The van der Waals surface area contributed by atoms with Crippen molar-refractivity contribution in [3.05, 3.63) is 68.8 Å². The summed E-state index contributed by atoms with van der Waals surface area (Å²) in [7, 11) is 0. The van der Waals surface area contributed by atoms with Crippen LogP contribution in [0.4, 0.5) is 0 Å². The Labute approximate surface area is 139 Å². The fraction of sp³-hybridized carbons (Fsp3) is 0.278. The second kappa shape index (κ2) is 6.18. The van der Waals surface area contributed by atoms with E-state index in [2.05, 4.69) is 66.8 Å². The van der Waals surface area contributed by atoms with E-state index in [0.717, 1.165) is 17.9 Å². The third-order valence-corrected chi connectivity index (χ3v) is 5.09. The zero-order chi connectivity index (χ0) is 14.8. The zero-order valence-corrected chi connectivity index (χ0v) is 14.4. The van der Waals surface area contributed by atoms with Crippen LogP contribution in [-0.4, -0.2) is 11.9 Å². The van der Waals surface area contributed by atoms with Gasteiger partial charge in [0.1, 0.15) is 6.10 Å². The van der Waals surface area contributed by atoms with Crippen molar-refractivity contribution in [3.63, 3.8) is 0 Å². The van der Waals surface area contributed by atoms with Crippen LogP contribution in [0.2, 0.25) is 0 Å². The van der Waals surface area contributed by atoms with Crippen LogP contribution in [0.1, 0.15) is 36.6 Å². The van der Waals surface area contributed by atoms with Crippen LogP contribution in [0.5, 0.6) is 0 Å². The number of aryl methyl sites for hydroxylation is 1. The molecular weight excluding hydrogens is 373 g/mol. The minimum atomic E-state index is 0.0160. The maximum atomic E-state index is 6.17. The number of halogens is 1. The third-order valence-electron chi connectivity index (χ3n) is 3.82. The molecule has 1 aliphatic heterocycles.